The number of hydrogen-bond donors (Lipinski definition) is 3. The molecule has 0 aromatic heterocycles. The summed E-state index contributed by atoms with van der Waals surface area (Å²) in [6.45, 7) is 6.76. The summed E-state index contributed by atoms with van der Waals surface area (Å²) in [6.07, 6.45) is 1.73. The Balaban J connectivity index is 1.38. The maximum absolute atomic E-state index is 10.8. The zero-order valence-corrected chi connectivity index (χ0v) is 17.6. The average Bonchev–Trinajstić information content (AvgIpc) is 2.74. The topological polar surface area (TPSA) is 91.1 Å². The maximum atomic E-state index is 10.8. The monoisotopic (exact) mass is 412 g/mol. The van der Waals surface area contributed by atoms with E-state index in [-0.39, 0.29) is 6.61 Å². The van der Waals surface area contributed by atoms with E-state index in [1.807, 2.05) is 0 Å². The number of primary amides is 1. The van der Waals surface area contributed by atoms with Crippen LogP contribution in [0.1, 0.15) is 18.9 Å². The third-order valence-electron chi connectivity index (χ3n) is 5.25. The first-order chi connectivity index (χ1) is 14.5. The molecule has 0 spiro atoms. The van der Waals surface area contributed by atoms with Crippen LogP contribution in [0.25, 0.3) is 0 Å². The number of aliphatic hydroxyl groups excluding tert-OH is 1. The molecule has 0 radical (unpaired) electrons. The van der Waals surface area contributed by atoms with E-state index in [4.69, 9.17) is 10.5 Å². The van der Waals surface area contributed by atoms with E-state index in [1.165, 1.54) is 17.7 Å². The summed E-state index contributed by atoms with van der Waals surface area (Å²) in [6, 6.07) is 15.2. The minimum atomic E-state index is -0.604. The van der Waals surface area contributed by atoms with Gasteiger partial charge in [-0.3, -0.25) is 4.90 Å². The van der Waals surface area contributed by atoms with Gasteiger partial charge in [-0.15, -0.1) is 0 Å². The first-order valence-electron chi connectivity index (χ1n) is 10.6. The van der Waals surface area contributed by atoms with Crippen LogP contribution >= 0.6 is 0 Å². The molecular formula is C23H32N4O3. The predicted molar refractivity (Wildman–Crippen MR) is 120 cm³/mol. The number of hydrogen-bond acceptors (Lipinski definition) is 5. The second-order valence-electron chi connectivity index (χ2n) is 7.68. The van der Waals surface area contributed by atoms with Crippen LogP contribution in [0, 0.1) is 0 Å². The Bertz CT molecular complexity index is 787. The zero-order chi connectivity index (χ0) is 21.3. The fourth-order valence-electron chi connectivity index (χ4n) is 3.67. The molecule has 2 aromatic rings. The number of rotatable bonds is 9. The molecule has 30 heavy (non-hydrogen) atoms. The number of piperazine rings is 1. The quantitative estimate of drug-likeness (QED) is 0.589. The minimum absolute atomic E-state index is 0.224. The highest BCUT2D eigenvalue weighted by atomic mass is 16.5. The van der Waals surface area contributed by atoms with E-state index >= 15 is 0 Å². The van der Waals surface area contributed by atoms with Crippen molar-refractivity contribution >= 4 is 17.4 Å². The number of nitrogens with zero attached hydrogens (tertiary/aromatic N) is 2. The Kier molecular flexibility index (Phi) is 7.93. The second kappa shape index (κ2) is 10.8. The smallest absolute Gasteiger partial charge is 0.316 e. The Morgan fingerprint density at radius 1 is 1.10 bits per heavy atom. The number of aliphatic hydroxyl groups is 1. The number of carbonyl (C=O) groups excluding carboxylic acids is 1. The molecule has 7 nitrogen and oxygen atoms in total. The fraction of sp³-hybridized carbons (Fsp3) is 0.435. The van der Waals surface area contributed by atoms with Crippen LogP contribution in [-0.2, 0) is 6.42 Å². The lowest BCUT2D eigenvalue weighted by molar-refractivity contribution is 0.0663. The van der Waals surface area contributed by atoms with Gasteiger partial charge in [0, 0.05) is 44.1 Å². The van der Waals surface area contributed by atoms with Crippen molar-refractivity contribution in [2.24, 2.45) is 5.73 Å². The normalized spacial score (nSPS) is 15.6. The molecule has 3 rings (SSSR count). The summed E-state index contributed by atoms with van der Waals surface area (Å²) in [5.41, 5.74) is 8.35. The van der Waals surface area contributed by atoms with Gasteiger partial charge in [0.1, 0.15) is 18.5 Å². The highest BCUT2D eigenvalue weighted by molar-refractivity contribution is 5.87. The van der Waals surface area contributed by atoms with E-state index in [0.29, 0.717) is 18.0 Å². The van der Waals surface area contributed by atoms with Gasteiger partial charge < -0.3 is 25.8 Å². The van der Waals surface area contributed by atoms with Crippen molar-refractivity contribution in [2.45, 2.75) is 25.9 Å². The number of amides is 2. The van der Waals surface area contributed by atoms with Crippen LogP contribution < -0.4 is 20.7 Å². The number of benzene rings is 2. The molecule has 162 valence electrons. The fourth-order valence-corrected chi connectivity index (χ4v) is 3.67. The van der Waals surface area contributed by atoms with Gasteiger partial charge in [0.15, 0.2) is 0 Å². The molecule has 1 unspecified atom stereocenters. The molecule has 1 atom stereocenters. The van der Waals surface area contributed by atoms with E-state index < -0.39 is 12.1 Å². The second-order valence-corrected chi connectivity index (χ2v) is 7.68. The number of carbonyl (C=O) groups is 1. The molecule has 1 aliphatic heterocycles. The lowest BCUT2D eigenvalue weighted by Gasteiger charge is -2.37. The molecule has 0 aliphatic carbocycles. The minimum Gasteiger partial charge on any atom is -0.491 e. The number of aryl methyl sites for hydroxylation is 1. The number of anilines is 2. The number of β-amino-alcohol motifs (C(OH)–C–C–N with tert-alkyl or cyclic N) is 1. The molecule has 2 amide bonds. The molecule has 2 aromatic carbocycles. The Hall–Kier alpha value is -2.77. The largest absolute Gasteiger partial charge is 0.491 e. The van der Waals surface area contributed by atoms with Gasteiger partial charge in [0.25, 0.3) is 0 Å². The molecular weight excluding hydrogens is 380 g/mol. The van der Waals surface area contributed by atoms with E-state index in [2.05, 4.69) is 46.3 Å². The van der Waals surface area contributed by atoms with Crippen molar-refractivity contribution in [2.75, 3.05) is 49.5 Å². The van der Waals surface area contributed by atoms with Crippen LogP contribution in [0.3, 0.4) is 0 Å². The number of ether oxygens (including phenoxy) is 1. The number of nitrogens with one attached hydrogen (secondary N) is 1. The molecule has 0 saturated carbocycles. The predicted octanol–water partition coefficient (Wildman–Crippen LogP) is 2.69. The van der Waals surface area contributed by atoms with E-state index in [0.717, 1.165) is 32.6 Å². The highest BCUT2D eigenvalue weighted by Crippen LogP contribution is 2.19. The molecule has 1 heterocycles. The van der Waals surface area contributed by atoms with Crippen LogP contribution in [-0.4, -0.2) is 61.5 Å². The summed E-state index contributed by atoms with van der Waals surface area (Å²) in [5, 5.41) is 12.8. The van der Waals surface area contributed by atoms with Crippen LogP contribution in [0.5, 0.6) is 5.75 Å². The Labute approximate surface area is 178 Å². The Morgan fingerprint density at radius 2 is 1.77 bits per heavy atom. The van der Waals surface area contributed by atoms with Crippen molar-refractivity contribution in [1.82, 2.24) is 4.90 Å². The third-order valence-corrected chi connectivity index (χ3v) is 5.25. The molecule has 1 saturated heterocycles. The first kappa shape index (κ1) is 21.9. The average molecular weight is 413 g/mol. The van der Waals surface area contributed by atoms with E-state index in [9.17, 15) is 9.90 Å². The summed E-state index contributed by atoms with van der Waals surface area (Å²) in [7, 11) is 0. The molecule has 0 bridgehead atoms. The van der Waals surface area contributed by atoms with Crippen molar-refractivity contribution < 1.29 is 14.6 Å². The molecule has 4 N–H and O–H groups in total. The summed E-state index contributed by atoms with van der Waals surface area (Å²) in [4.78, 5) is 15.5. The van der Waals surface area contributed by atoms with Crippen molar-refractivity contribution in [3.63, 3.8) is 0 Å². The van der Waals surface area contributed by atoms with Crippen molar-refractivity contribution in [3.8, 4) is 5.75 Å². The van der Waals surface area contributed by atoms with Gasteiger partial charge in [-0.2, -0.15) is 0 Å². The maximum Gasteiger partial charge on any atom is 0.316 e. The lowest BCUT2D eigenvalue weighted by Crippen LogP contribution is -2.49. The van der Waals surface area contributed by atoms with E-state index in [1.54, 1.807) is 24.3 Å². The van der Waals surface area contributed by atoms with Crippen LogP contribution in [0.2, 0.25) is 0 Å². The third kappa shape index (κ3) is 6.64. The molecule has 1 fully saturated rings. The van der Waals surface area contributed by atoms with Crippen LogP contribution in [0.15, 0.2) is 48.5 Å². The molecule has 7 heteroatoms. The number of nitrogens with two attached hydrogens (primary N) is 1. The van der Waals surface area contributed by atoms with Crippen molar-refractivity contribution in [1.29, 1.82) is 0 Å². The zero-order valence-electron chi connectivity index (χ0n) is 17.6. The summed E-state index contributed by atoms with van der Waals surface area (Å²) >= 11 is 0. The van der Waals surface area contributed by atoms with Gasteiger partial charge in [-0.05, 0) is 48.4 Å². The SMILES string of the molecule is CCCc1ccc(N2CCN(CC(O)COc3ccc(NC(N)=O)cc3)CC2)cc1. The summed E-state index contributed by atoms with van der Waals surface area (Å²) in [5.74, 6) is 0.639. The molecule has 1 aliphatic rings. The Morgan fingerprint density at radius 3 is 2.37 bits per heavy atom. The highest BCUT2D eigenvalue weighted by Gasteiger charge is 2.19. The van der Waals surface area contributed by atoms with Crippen LogP contribution in [0.4, 0.5) is 16.2 Å². The van der Waals surface area contributed by atoms with Gasteiger partial charge in [-0.1, -0.05) is 25.5 Å². The van der Waals surface area contributed by atoms with Crippen molar-refractivity contribution in [3.05, 3.63) is 54.1 Å². The van der Waals surface area contributed by atoms with Gasteiger partial charge in [-0.25, -0.2) is 4.79 Å². The summed E-state index contributed by atoms with van der Waals surface area (Å²) < 4.78 is 5.66. The number of urea groups is 1. The van der Waals surface area contributed by atoms with Gasteiger partial charge in [0.2, 0.25) is 0 Å². The first-order valence-corrected chi connectivity index (χ1v) is 10.6. The van der Waals surface area contributed by atoms with Gasteiger partial charge in [0.05, 0.1) is 0 Å². The van der Waals surface area contributed by atoms with Gasteiger partial charge >= 0.3 is 6.03 Å². The lowest BCUT2D eigenvalue weighted by atomic mass is 10.1. The standard InChI is InChI=1S/C23H32N4O3/c1-2-3-18-4-8-20(9-5-18)27-14-12-26(13-15-27)16-21(28)17-30-22-10-6-19(7-11-22)25-23(24)29/h4-11,21,28H,2-3,12-17H2,1H3,(H3,24,25,29).